The van der Waals surface area contributed by atoms with Gasteiger partial charge in [0.25, 0.3) is 11.6 Å². The first-order chi connectivity index (χ1) is 9.63. The Bertz CT molecular complexity index is 512. The Hall–Kier alpha value is -2.15. The highest BCUT2D eigenvalue weighted by Gasteiger charge is 2.24. The van der Waals surface area contributed by atoms with Crippen LogP contribution in [0, 0.1) is 10.1 Å². The second-order valence-corrected chi connectivity index (χ2v) is 4.52. The van der Waals surface area contributed by atoms with E-state index in [-0.39, 0.29) is 28.9 Å². The molecule has 0 saturated carbocycles. The summed E-state index contributed by atoms with van der Waals surface area (Å²) in [4.78, 5) is 22.8. The maximum absolute atomic E-state index is 12.2. The molecule has 0 aromatic heterocycles. The van der Waals surface area contributed by atoms with Crippen LogP contribution in [0.15, 0.2) is 18.2 Å². The highest BCUT2D eigenvalue weighted by Crippen LogP contribution is 2.28. The largest absolute Gasteiger partial charge is 0.379 e. The molecule has 7 nitrogen and oxygen atoms in total. The fraction of sp³-hybridized carbons (Fsp3) is 0.462. The average Bonchev–Trinajstić information content (AvgIpc) is 2.91. The maximum Gasteiger partial charge on any atom is 0.293 e. The van der Waals surface area contributed by atoms with E-state index in [1.807, 2.05) is 6.92 Å². The number of benzene rings is 1. The van der Waals surface area contributed by atoms with E-state index >= 15 is 0 Å². The van der Waals surface area contributed by atoms with Crippen LogP contribution in [0.2, 0.25) is 0 Å². The summed E-state index contributed by atoms with van der Waals surface area (Å²) in [5, 5.41) is 16.8. The minimum absolute atomic E-state index is 0.0313. The van der Waals surface area contributed by atoms with E-state index < -0.39 is 4.92 Å². The number of nitro groups is 1. The number of hydrogen-bond donors (Lipinski definition) is 2. The molecule has 1 fully saturated rings. The SMILES string of the molecule is CCNc1c(C(=O)NC2CCOC2)cccc1[N+](=O)[O-]. The number of nitrogens with one attached hydrogen (secondary N) is 2. The van der Waals surface area contributed by atoms with Gasteiger partial charge < -0.3 is 15.4 Å². The molecule has 7 heteroatoms. The molecule has 2 N–H and O–H groups in total. The van der Waals surface area contributed by atoms with Crippen LogP contribution in [0.25, 0.3) is 0 Å². The molecule has 20 heavy (non-hydrogen) atoms. The zero-order valence-electron chi connectivity index (χ0n) is 11.2. The number of hydrogen-bond acceptors (Lipinski definition) is 5. The van der Waals surface area contributed by atoms with Gasteiger partial charge in [-0.15, -0.1) is 0 Å². The first-order valence-corrected chi connectivity index (χ1v) is 6.53. The Morgan fingerprint density at radius 2 is 2.35 bits per heavy atom. The smallest absolute Gasteiger partial charge is 0.293 e. The van der Waals surface area contributed by atoms with E-state index in [4.69, 9.17) is 4.74 Å². The molecule has 108 valence electrons. The van der Waals surface area contributed by atoms with Crippen molar-refractivity contribution in [3.63, 3.8) is 0 Å². The summed E-state index contributed by atoms with van der Waals surface area (Å²) in [7, 11) is 0. The monoisotopic (exact) mass is 279 g/mol. The van der Waals surface area contributed by atoms with Gasteiger partial charge in [-0.1, -0.05) is 6.07 Å². The molecule has 0 bridgehead atoms. The van der Waals surface area contributed by atoms with Crippen LogP contribution in [0.4, 0.5) is 11.4 Å². The number of nitro benzene ring substituents is 1. The third-order valence-corrected chi connectivity index (χ3v) is 3.10. The van der Waals surface area contributed by atoms with Crippen molar-refractivity contribution in [2.75, 3.05) is 25.1 Å². The molecule has 0 radical (unpaired) electrons. The van der Waals surface area contributed by atoms with Crippen molar-refractivity contribution in [3.8, 4) is 0 Å². The molecular weight excluding hydrogens is 262 g/mol. The minimum atomic E-state index is -0.493. The number of carbonyl (C=O) groups excluding carboxylic acids is 1. The molecule has 1 saturated heterocycles. The van der Waals surface area contributed by atoms with Gasteiger partial charge in [-0.3, -0.25) is 14.9 Å². The van der Waals surface area contributed by atoms with Crippen LogP contribution in [0.3, 0.4) is 0 Å². The summed E-state index contributed by atoms with van der Waals surface area (Å²) >= 11 is 0. The fourth-order valence-corrected chi connectivity index (χ4v) is 2.16. The molecule has 2 rings (SSSR count). The van der Waals surface area contributed by atoms with Gasteiger partial charge in [0.2, 0.25) is 0 Å². The van der Waals surface area contributed by atoms with Gasteiger partial charge in [-0.05, 0) is 19.4 Å². The van der Waals surface area contributed by atoms with E-state index in [0.29, 0.717) is 19.8 Å². The van der Waals surface area contributed by atoms with Gasteiger partial charge in [-0.2, -0.15) is 0 Å². The molecule has 1 unspecified atom stereocenters. The van der Waals surface area contributed by atoms with Gasteiger partial charge in [-0.25, -0.2) is 0 Å². The molecule has 1 atom stereocenters. The van der Waals surface area contributed by atoms with Crippen molar-refractivity contribution in [2.24, 2.45) is 0 Å². The predicted molar refractivity (Wildman–Crippen MR) is 74.0 cm³/mol. The third kappa shape index (κ3) is 3.05. The minimum Gasteiger partial charge on any atom is -0.379 e. The van der Waals surface area contributed by atoms with E-state index in [1.165, 1.54) is 12.1 Å². The van der Waals surface area contributed by atoms with Crippen LogP contribution >= 0.6 is 0 Å². The molecule has 1 amide bonds. The van der Waals surface area contributed by atoms with Crippen LogP contribution in [-0.2, 0) is 4.74 Å². The molecule has 1 aliphatic rings. The Kier molecular flexibility index (Phi) is 4.52. The second kappa shape index (κ2) is 6.33. The van der Waals surface area contributed by atoms with Crippen molar-refractivity contribution in [2.45, 2.75) is 19.4 Å². The maximum atomic E-state index is 12.2. The van der Waals surface area contributed by atoms with Crippen LogP contribution < -0.4 is 10.6 Å². The number of anilines is 1. The number of ether oxygens (including phenoxy) is 1. The molecule has 1 heterocycles. The number of para-hydroxylation sites is 1. The summed E-state index contributed by atoms with van der Waals surface area (Å²) in [6, 6.07) is 4.44. The summed E-state index contributed by atoms with van der Waals surface area (Å²) in [6.45, 7) is 3.43. The van der Waals surface area contributed by atoms with E-state index in [1.54, 1.807) is 6.07 Å². The summed E-state index contributed by atoms with van der Waals surface area (Å²) in [5.74, 6) is -0.319. The standard InChI is InChI=1S/C13H17N3O4/c1-2-14-12-10(4-3-5-11(12)16(18)19)13(17)15-9-6-7-20-8-9/h3-5,9,14H,2,6-8H2,1H3,(H,15,17). The summed E-state index contributed by atoms with van der Waals surface area (Å²) < 4.78 is 5.19. The Labute approximate surface area is 116 Å². The number of nitrogens with zero attached hydrogens (tertiary/aromatic N) is 1. The van der Waals surface area contributed by atoms with Crippen LogP contribution in [-0.4, -0.2) is 36.6 Å². The number of carbonyl (C=O) groups is 1. The van der Waals surface area contributed by atoms with Crippen molar-refractivity contribution < 1.29 is 14.5 Å². The van der Waals surface area contributed by atoms with Crippen LogP contribution in [0.1, 0.15) is 23.7 Å². The first-order valence-electron chi connectivity index (χ1n) is 6.53. The Morgan fingerprint density at radius 1 is 1.55 bits per heavy atom. The zero-order valence-corrected chi connectivity index (χ0v) is 11.2. The third-order valence-electron chi connectivity index (χ3n) is 3.10. The average molecular weight is 279 g/mol. The van der Waals surface area contributed by atoms with Crippen molar-refractivity contribution in [1.82, 2.24) is 5.32 Å². The van der Waals surface area contributed by atoms with E-state index in [0.717, 1.165) is 6.42 Å². The number of amides is 1. The molecule has 1 aromatic carbocycles. The van der Waals surface area contributed by atoms with Gasteiger partial charge in [0, 0.05) is 19.2 Å². The Balaban J connectivity index is 2.26. The predicted octanol–water partition coefficient (Wildman–Crippen LogP) is 1.55. The van der Waals surface area contributed by atoms with Gasteiger partial charge in [0.15, 0.2) is 0 Å². The second-order valence-electron chi connectivity index (χ2n) is 4.52. The number of rotatable bonds is 5. The topological polar surface area (TPSA) is 93.5 Å². The first kappa shape index (κ1) is 14.3. The lowest BCUT2D eigenvalue weighted by Crippen LogP contribution is -2.35. The fourth-order valence-electron chi connectivity index (χ4n) is 2.16. The highest BCUT2D eigenvalue weighted by atomic mass is 16.6. The molecular formula is C13H17N3O4. The summed E-state index contributed by atoms with van der Waals surface area (Å²) in [5.41, 5.74) is 0.450. The molecule has 0 spiro atoms. The van der Waals surface area contributed by atoms with Crippen molar-refractivity contribution >= 4 is 17.3 Å². The molecule has 0 aliphatic carbocycles. The van der Waals surface area contributed by atoms with Gasteiger partial charge >= 0.3 is 0 Å². The molecule has 1 aromatic rings. The lowest BCUT2D eigenvalue weighted by Gasteiger charge is -2.14. The quantitative estimate of drug-likeness (QED) is 0.630. The molecule has 1 aliphatic heterocycles. The van der Waals surface area contributed by atoms with Crippen LogP contribution in [0.5, 0.6) is 0 Å². The normalized spacial score (nSPS) is 17.8. The summed E-state index contributed by atoms with van der Waals surface area (Å²) in [6.07, 6.45) is 0.761. The van der Waals surface area contributed by atoms with Crippen molar-refractivity contribution in [1.29, 1.82) is 0 Å². The lowest BCUT2D eigenvalue weighted by atomic mass is 10.1. The lowest BCUT2D eigenvalue weighted by molar-refractivity contribution is -0.384. The van der Waals surface area contributed by atoms with E-state index in [9.17, 15) is 14.9 Å². The highest BCUT2D eigenvalue weighted by molar-refractivity contribution is 6.01. The van der Waals surface area contributed by atoms with Gasteiger partial charge in [0.1, 0.15) is 5.69 Å². The van der Waals surface area contributed by atoms with Crippen molar-refractivity contribution in [3.05, 3.63) is 33.9 Å². The zero-order chi connectivity index (χ0) is 14.5. The van der Waals surface area contributed by atoms with Gasteiger partial charge in [0.05, 0.1) is 23.1 Å². The van der Waals surface area contributed by atoms with E-state index in [2.05, 4.69) is 10.6 Å². The Morgan fingerprint density at radius 3 is 2.95 bits per heavy atom.